The molecule has 3 N–H and O–H groups in total. The first-order valence-electron chi connectivity index (χ1n) is 6.61. The zero-order valence-corrected chi connectivity index (χ0v) is 12.4. The van der Waals surface area contributed by atoms with Gasteiger partial charge < -0.3 is 25.2 Å². The number of thioether (sulfide) groups is 1. The van der Waals surface area contributed by atoms with Crippen LogP contribution in [-0.4, -0.2) is 83.4 Å². The van der Waals surface area contributed by atoms with E-state index in [4.69, 9.17) is 14.9 Å². The lowest BCUT2D eigenvalue weighted by atomic mass is 10.2. The molecule has 9 heteroatoms. The van der Waals surface area contributed by atoms with Crippen molar-refractivity contribution in [2.45, 2.75) is 12.5 Å². The average Bonchev–Trinajstić information content (AvgIpc) is 2.47. The summed E-state index contributed by atoms with van der Waals surface area (Å²) in [5.74, 6) is -1.53. The second kappa shape index (κ2) is 9.59. The minimum absolute atomic E-state index is 0.00525. The molecule has 0 radical (unpaired) electrons. The van der Waals surface area contributed by atoms with Crippen molar-refractivity contribution in [3.05, 3.63) is 0 Å². The number of carbonyl (C=O) groups excluding carboxylic acids is 2. The number of morpholine rings is 1. The Labute approximate surface area is 126 Å². The van der Waals surface area contributed by atoms with Crippen molar-refractivity contribution in [1.29, 1.82) is 0 Å². The Kier molecular flexibility index (Phi) is 8.09. The van der Waals surface area contributed by atoms with Gasteiger partial charge in [0.1, 0.15) is 6.04 Å². The van der Waals surface area contributed by atoms with Crippen LogP contribution in [0.1, 0.15) is 6.42 Å². The lowest BCUT2D eigenvalue weighted by Crippen LogP contribution is -2.43. The molecule has 1 unspecified atom stereocenters. The van der Waals surface area contributed by atoms with Crippen LogP contribution < -0.4 is 5.32 Å². The van der Waals surface area contributed by atoms with Crippen molar-refractivity contribution in [3.63, 3.8) is 0 Å². The summed E-state index contributed by atoms with van der Waals surface area (Å²) in [6.07, 6.45) is -0.0432. The minimum Gasteiger partial charge on any atom is -0.480 e. The normalized spacial score (nSPS) is 16.3. The predicted octanol–water partition coefficient (Wildman–Crippen LogP) is -1.47. The summed E-state index contributed by atoms with van der Waals surface area (Å²) in [6, 6.07) is -1.10. The van der Waals surface area contributed by atoms with Crippen molar-refractivity contribution in [2.24, 2.45) is 0 Å². The van der Waals surface area contributed by atoms with Crippen molar-refractivity contribution >= 4 is 29.5 Å². The number of aliphatic hydroxyl groups is 1. The molecule has 0 bridgehead atoms. The Morgan fingerprint density at radius 2 is 1.90 bits per heavy atom. The van der Waals surface area contributed by atoms with Gasteiger partial charge in [-0.2, -0.15) is 0 Å². The maximum atomic E-state index is 11.8. The van der Waals surface area contributed by atoms with Gasteiger partial charge in [0.25, 0.3) is 0 Å². The van der Waals surface area contributed by atoms with Gasteiger partial charge in [-0.05, 0) is 0 Å². The molecule has 1 fully saturated rings. The molecule has 1 rings (SSSR count). The van der Waals surface area contributed by atoms with Crippen LogP contribution in [0.5, 0.6) is 0 Å². The van der Waals surface area contributed by atoms with Gasteiger partial charge in [-0.3, -0.25) is 9.59 Å². The molecule has 0 aromatic heterocycles. The molecule has 0 spiro atoms. The standard InChI is InChI=1S/C12H20N2O6S/c15-4-1-9(12(18)19)13-10(16)7-21-8-11(17)14-2-5-20-6-3-14/h9,15H,1-8H2,(H,13,16)(H,18,19). The van der Waals surface area contributed by atoms with Crippen molar-refractivity contribution < 1.29 is 29.3 Å². The fourth-order valence-corrected chi connectivity index (χ4v) is 2.49. The molecule has 8 nitrogen and oxygen atoms in total. The molecule has 1 saturated heterocycles. The largest absolute Gasteiger partial charge is 0.480 e. The van der Waals surface area contributed by atoms with Crippen LogP contribution in [0.15, 0.2) is 0 Å². The summed E-state index contributed by atoms with van der Waals surface area (Å²) in [5, 5.41) is 19.8. The second-order valence-corrected chi connectivity index (χ2v) is 5.44. The van der Waals surface area contributed by atoms with Gasteiger partial charge >= 0.3 is 5.97 Å². The van der Waals surface area contributed by atoms with Crippen molar-refractivity contribution in [3.8, 4) is 0 Å². The number of aliphatic carboxylic acids is 1. The Morgan fingerprint density at radius 3 is 2.48 bits per heavy atom. The summed E-state index contributed by atoms with van der Waals surface area (Å²) in [6.45, 7) is 1.85. The average molecular weight is 320 g/mol. The lowest BCUT2D eigenvalue weighted by Gasteiger charge is -2.26. The van der Waals surface area contributed by atoms with Gasteiger partial charge in [0, 0.05) is 26.1 Å². The van der Waals surface area contributed by atoms with E-state index in [1.54, 1.807) is 4.90 Å². The molecule has 2 amide bonds. The SMILES string of the molecule is O=C(CSCC(=O)N1CCOCC1)NC(CCO)C(=O)O. The van der Waals surface area contributed by atoms with Gasteiger partial charge in [-0.25, -0.2) is 4.79 Å². The van der Waals surface area contributed by atoms with E-state index >= 15 is 0 Å². The van der Waals surface area contributed by atoms with E-state index < -0.39 is 17.9 Å². The third kappa shape index (κ3) is 6.78. The second-order valence-electron chi connectivity index (χ2n) is 4.46. The molecule has 0 aromatic rings. The first-order chi connectivity index (χ1) is 10.0. The van der Waals surface area contributed by atoms with Crippen LogP contribution in [0, 0.1) is 0 Å². The smallest absolute Gasteiger partial charge is 0.326 e. The quantitative estimate of drug-likeness (QED) is 0.500. The van der Waals surface area contributed by atoms with Crippen LogP contribution >= 0.6 is 11.8 Å². The third-order valence-corrected chi connectivity index (χ3v) is 3.79. The molecule has 0 aromatic carbocycles. The van der Waals surface area contributed by atoms with E-state index in [0.29, 0.717) is 26.3 Å². The number of carboxylic acids is 1. The molecule has 1 aliphatic rings. The van der Waals surface area contributed by atoms with E-state index in [1.165, 1.54) is 0 Å². The van der Waals surface area contributed by atoms with E-state index in [-0.39, 0.29) is 30.4 Å². The Morgan fingerprint density at radius 1 is 1.24 bits per heavy atom. The van der Waals surface area contributed by atoms with E-state index in [2.05, 4.69) is 5.32 Å². The highest BCUT2D eigenvalue weighted by Gasteiger charge is 2.20. The number of rotatable bonds is 8. The summed E-state index contributed by atoms with van der Waals surface area (Å²) in [5.41, 5.74) is 0. The van der Waals surface area contributed by atoms with E-state index in [0.717, 1.165) is 11.8 Å². The number of hydrogen-bond donors (Lipinski definition) is 3. The fourth-order valence-electron chi connectivity index (χ4n) is 1.76. The Balaban J connectivity index is 2.22. The van der Waals surface area contributed by atoms with Gasteiger partial charge in [0.15, 0.2) is 0 Å². The first kappa shape index (κ1) is 17.7. The highest BCUT2D eigenvalue weighted by atomic mass is 32.2. The van der Waals surface area contributed by atoms with Crippen molar-refractivity contribution in [1.82, 2.24) is 10.2 Å². The van der Waals surface area contributed by atoms with Gasteiger partial charge in [-0.1, -0.05) is 0 Å². The highest BCUT2D eigenvalue weighted by molar-refractivity contribution is 8.00. The maximum absolute atomic E-state index is 11.8. The minimum atomic E-state index is -1.19. The molecule has 1 aliphatic heterocycles. The summed E-state index contributed by atoms with van der Waals surface area (Å²) >= 11 is 1.14. The summed E-state index contributed by atoms with van der Waals surface area (Å²) in [4.78, 5) is 35.9. The van der Waals surface area contributed by atoms with Crippen LogP contribution in [0.3, 0.4) is 0 Å². The molecule has 21 heavy (non-hydrogen) atoms. The van der Waals surface area contributed by atoms with Crippen molar-refractivity contribution in [2.75, 3.05) is 44.4 Å². The number of hydrogen-bond acceptors (Lipinski definition) is 6. The number of ether oxygens (including phenoxy) is 1. The lowest BCUT2D eigenvalue weighted by molar-refractivity contribution is -0.142. The predicted molar refractivity (Wildman–Crippen MR) is 76.0 cm³/mol. The van der Waals surface area contributed by atoms with Crippen LogP contribution in [0.2, 0.25) is 0 Å². The number of carboxylic acid groups (broad SMARTS) is 1. The monoisotopic (exact) mass is 320 g/mol. The molecule has 0 saturated carbocycles. The summed E-state index contributed by atoms with van der Waals surface area (Å²) in [7, 11) is 0. The molecule has 0 aliphatic carbocycles. The van der Waals surface area contributed by atoms with E-state index in [1.807, 2.05) is 0 Å². The van der Waals surface area contributed by atoms with Crippen LogP contribution in [-0.2, 0) is 19.1 Å². The van der Waals surface area contributed by atoms with E-state index in [9.17, 15) is 14.4 Å². The zero-order chi connectivity index (χ0) is 15.7. The van der Waals surface area contributed by atoms with Gasteiger partial charge in [-0.15, -0.1) is 11.8 Å². The number of carbonyl (C=O) groups is 3. The van der Waals surface area contributed by atoms with Gasteiger partial charge in [0.05, 0.1) is 24.7 Å². The number of nitrogens with zero attached hydrogens (tertiary/aromatic N) is 1. The number of nitrogens with one attached hydrogen (secondary N) is 1. The number of amides is 2. The molecule has 120 valence electrons. The molecular weight excluding hydrogens is 300 g/mol. The maximum Gasteiger partial charge on any atom is 0.326 e. The van der Waals surface area contributed by atoms with Crippen LogP contribution in [0.4, 0.5) is 0 Å². The molecular formula is C12H20N2O6S. The Bertz CT molecular complexity index is 373. The summed E-state index contributed by atoms with van der Waals surface area (Å²) < 4.78 is 5.14. The Hall–Kier alpha value is -1.32. The number of aliphatic hydroxyl groups excluding tert-OH is 1. The third-order valence-electron chi connectivity index (χ3n) is 2.87. The topological polar surface area (TPSA) is 116 Å². The molecule has 1 atom stereocenters. The van der Waals surface area contributed by atoms with Gasteiger partial charge in [0.2, 0.25) is 11.8 Å². The first-order valence-corrected chi connectivity index (χ1v) is 7.76. The fraction of sp³-hybridized carbons (Fsp3) is 0.750. The zero-order valence-electron chi connectivity index (χ0n) is 11.6. The highest BCUT2D eigenvalue weighted by Crippen LogP contribution is 2.05. The van der Waals surface area contributed by atoms with Crippen LogP contribution in [0.25, 0.3) is 0 Å². The molecule has 1 heterocycles.